The molecule has 126 valence electrons. The molecule has 1 heterocycles. The van der Waals surface area contributed by atoms with Crippen LogP contribution in [0.3, 0.4) is 0 Å². The van der Waals surface area contributed by atoms with E-state index in [1.165, 1.54) is 5.56 Å². The molecule has 0 amide bonds. The highest BCUT2D eigenvalue weighted by molar-refractivity contribution is 6.00. The van der Waals surface area contributed by atoms with Crippen LogP contribution in [0.25, 0.3) is 0 Å². The first-order chi connectivity index (χ1) is 11.7. The molecule has 0 radical (unpaired) electrons. The highest BCUT2D eigenvalue weighted by Gasteiger charge is 2.19. The first kappa shape index (κ1) is 16.5. The standard InChI is InChI=1S/C20H24N2O2/c1-2-18(21-11-9-14-3-6-17(23)7-4-14)20(24)16-5-8-19-15(13-16)10-12-22-19/h3-8,13,18,21-23H,2,9-12H2,1H3. The van der Waals surface area contributed by atoms with Crippen LogP contribution in [-0.2, 0) is 12.8 Å². The number of carbonyl (C=O) groups is 1. The van der Waals surface area contributed by atoms with Gasteiger partial charge in [-0.15, -0.1) is 0 Å². The molecule has 0 aliphatic carbocycles. The Kier molecular flexibility index (Phi) is 5.16. The summed E-state index contributed by atoms with van der Waals surface area (Å²) in [6, 6.07) is 13.0. The van der Waals surface area contributed by atoms with Gasteiger partial charge in [0.25, 0.3) is 0 Å². The molecule has 3 N–H and O–H groups in total. The van der Waals surface area contributed by atoms with E-state index in [9.17, 15) is 9.90 Å². The van der Waals surface area contributed by atoms with E-state index in [4.69, 9.17) is 0 Å². The van der Waals surface area contributed by atoms with Gasteiger partial charge in [0.1, 0.15) is 5.75 Å². The van der Waals surface area contributed by atoms with E-state index in [2.05, 4.69) is 10.6 Å². The van der Waals surface area contributed by atoms with E-state index in [0.717, 1.165) is 49.2 Å². The second-order valence-corrected chi connectivity index (χ2v) is 6.24. The SMILES string of the molecule is CCC(NCCc1ccc(O)cc1)C(=O)c1ccc2c(c1)CCN2. The number of anilines is 1. The van der Waals surface area contributed by atoms with Crippen molar-refractivity contribution >= 4 is 11.5 Å². The van der Waals surface area contributed by atoms with E-state index in [0.29, 0.717) is 0 Å². The van der Waals surface area contributed by atoms with E-state index in [1.807, 2.05) is 37.3 Å². The summed E-state index contributed by atoms with van der Waals surface area (Å²) in [6.45, 7) is 3.72. The van der Waals surface area contributed by atoms with Crippen molar-refractivity contribution in [1.82, 2.24) is 5.32 Å². The van der Waals surface area contributed by atoms with Crippen molar-refractivity contribution in [2.24, 2.45) is 0 Å². The minimum absolute atomic E-state index is 0.158. The summed E-state index contributed by atoms with van der Waals surface area (Å²) in [4.78, 5) is 12.7. The normalized spacial score (nSPS) is 14.0. The molecule has 0 saturated heterocycles. The van der Waals surface area contributed by atoms with Gasteiger partial charge in [0.15, 0.2) is 5.78 Å². The lowest BCUT2D eigenvalue weighted by atomic mass is 9.99. The summed E-state index contributed by atoms with van der Waals surface area (Å²) >= 11 is 0. The van der Waals surface area contributed by atoms with Crippen LogP contribution in [0.1, 0.15) is 34.8 Å². The molecule has 4 heteroatoms. The van der Waals surface area contributed by atoms with Crippen LogP contribution in [0.15, 0.2) is 42.5 Å². The van der Waals surface area contributed by atoms with Gasteiger partial charge in [-0.2, -0.15) is 0 Å². The lowest BCUT2D eigenvalue weighted by molar-refractivity contribution is 0.0941. The van der Waals surface area contributed by atoms with Crippen molar-refractivity contribution in [1.29, 1.82) is 0 Å². The molecule has 0 spiro atoms. The van der Waals surface area contributed by atoms with E-state index in [1.54, 1.807) is 12.1 Å². The van der Waals surface area contributed by atoms with Gasteiger partial charge in [0.05, 0.1) is 6.04 Å². The van der Waals surface area contributed by atoms with Gasteiger partial charge < -0.3 is 15.7 Å². The van der Waals surface area contributed by atoms with Gasteiger partial charge in [0, 0.05) is 17.8 Å². The van der Waals surface area contributed by atoms with Crippen LogP contribution < -0.4 is 10.6 Å². The topological polar surface area (TPSA) is 61.4 Å². The number of nitrogens with one attached hydrogen (secondary N) is 2. The molecule has 0 aromatic heterocycles. The lowest BCUT2D eigenvalue weighted by Gasteiger charge is -2.16. The molecule has 1 atom stereocenters. The maximum atomic E-state index is 12.7. The third-order valence-electron chi connectivity index (χ3n) is 4.57. The Labute approximate surface area is 142 Å². The summed E-state index contributed by atoms with van der Waals surface area (Å²) in [5, 5.41) is 16.0. The first-order valence-electron chi connectivity index (χ1n) is 8.59. The fourth-order valence-electron chi connectivity index (χ4n) is 3.14. The van der Waals surface area contributed by atoms with Crippen molar-refractivity contribution in [3.8, 4) is 5.75 Å². The number of carbonyl (C=O) groups excluding carboxylic acids is 1. The average molecular weight is 324 g/mol. The number of hydrogen-bond acceptors (Lipinski definition) is 4. The Bertz CT molecular complexity index is 710. The maximum absolute atomic E-state index is 12.7. The first-order valence-corrected chi connectivity index (χ1v) is 8.59. The number of rotatable bonds is 7. The van der Waals surface area contributed by atoms with Crippen LogP contribution in [-0.4, -0.2) is 30.0 Å². The summed E-state index contributed by atoms with van der Waals surface area (Å²) < 4.78 is 0. The third-order valence-corrected chi connectivity index (χ3v) is 4.57. The van der Waals surface area contributed by atoms with Crippen LogP contribution >= 0.6 is 0 Å². The van der Waals surface area contributed by atoms with E-state index >= 15 is 0 Å². The summed E-state index contributed by atoms with van der Waals surface area (Å²) in [6.07, 6.45) is 2.59. The molecule has 1 unspecified atom stereocenters. The summed E-state index contributed by atoms with van der Waals surface area (Å²) in [5.74, 6) is 0.442. The quantitative estimate of drug-likeness (QED) is 0.685. The minimum atomic E-state index is -0.158. The van der Waals surface area contributed by atoms with E-state index < -0.39 is 0 Å². The molecule has 0 bridgehead atoms. The van der Waals surface area contributed by atoms with Gasteiger partial charge >= 0.3 is 0 Å². The van der Waals surface area contributed by atoms with Crippen molar-refractivity contribution in [2.75, 3.05) is 18.4 Å². The molecule has 1 aliphatic rings. The molecule has 2 aromatic carbocycles. The molecular formula is C20H24N2O2. The zero-order valence-electron chi connectivity index (χ0n) is 14.0. The number of phenols is 1. The lowest BCUT2D eigenvalue weighted by Crippen LogP contribution is -2.37. The van der Waals surface area contributed by atoms with Crippen molar-refractivity contribution < 1.29 is 9.90 Å². The maximum Gasteiger partial charge on any atom is 0.179 e. The minimum Gasteiger partial charge on any atom is -0.508 e. The Morgan fingerprint density at radius 1 is 1.25 bits per heavy atom. The molecule has 3 rings (SSSR count). The van der Waals surface area contributed by atoms with Crippen LogP contribution in [0, 0.1) is 0 Å². The fraction of sp³-hybridized carbons (Fsp3) is 0.350. The van der Waals surface area contributed by atoms with Gasteiger partial charge in [-0.3, -0.25) is 4.79 Å². The average Bonchev–Trinajstić information content (AvgIpc) is 3.07. The number of hydrogen-bond donors (Lipinski definition) is 3. The Morgan fingerprint density at radius 2 is 2.04 bits per heavy atom. The van der Waals surface area contributed by atoms with Crippen molar-refractivity contribution in [3.05, 3.63) is 59.2 Å². The second kappa shape index (κ2) is 7.49. The smallest absolute Gasteiger partial charge is 0.179 e. The van der Waals surface area contributed by atoms with Gasteiger partial charge in [-0.1, -0.05) is 19.1 Å². The summed E-state index contributed by atoms with van der Waals surface area (Å²) in [7, 11) is 0. The molecule has 4 nitrogen and oxygen atoms in total. The predicted octanol–water partition coefficient (Wildman–Crippen LogP) is 3.15. The van der Waals surface area contributed by atoms with E-state index in [-0.39, 0.29) is 17.6 Å². The molecule has 0 fully saturated rings. The molecular weight excluding hydrogens is 300 g/mol. The number of aromatic hydroxyl groups is 1. The zero-order chi connectivity index (χ0) is 16.9. The molecule has 24 heavy (non-hydrogen) atoms. The van der Waals surface area contributed by atoms with Crippen molar-refractivity contribution in [2.45, 2.75) is 32.2 Å². The highest BCUT2D eigenvalue weighted by atomic mass is 16.3. The summed E-state index contributed by atoms with van der Waals surface area (Å²) in [5.41, 5.74) is 4.33. The largest absolute Gasteiger partial charge is 0.508 e. The third kappa shape index (κ3) is 3.77. The Morgan fingerprint density at radius 3 is 2.79 bits per heavy atom. The predicted molar refractivity (Wildman–Crippen MR) is 96.9 cm³/mol. The zero-order valence-corrected chi connectivity index (χ0v) is 14.0. The van der Waals surface area contributed by atoms with Crippen LogP contribution in [0.5, 0.6) is 5.75 Å². The fourth-order valence-corrected chi connectivity index (χ4v) is 3.14. The van der Waals surface area contributed by atoms with Crippen LogP contribution in [0.4, 0.5) is 5.69 Å². The number of benzene rings is 2. The Hall–Kier alpha value is -2.33. The van der Waals surface area contributed by atoms with Crippen LogP contribution in [0.2, 0.25) is 0 Å². The number of Topliss-reactive ketones (excluding diaryl/α,β-unsaturated/α-hetero) is 1. The number of ketones is 1. The molecule has 0 saturated carbocycles. The van der Waals surface area contributed by atoms with Crippen molar-refractivity contribution in [3.63, 3.8) is 0 Å². The molecule has 1 aliphatic heterocycles. The second-order valence-electron chi connectivity index (χ2n) is 6.24. The molecule has 2 aromatic rings. The van der Waals surface area contributed by atoms with Gasteiger partial charge in [-0.05, 0) is 67.3 Å². The highest BCUT2D eigenvalue weighted by Crippen LogP contribution is 2.23. The van der Waals surface area contributed by atoms with Gasteiger partial charge in [0.2, 0.25) is 0 Å². The number of phenolic OH excluding ortho intramolecular Hbond substituents is 1. The van der Waals surface area contributed by atoms with Gasteiger partial charge in [-0.25, -0.2) is 0 Å². The number of fused-ring (bicyclic) bond motifs is 1. The monoisotopic (exact) mass is 324 g/mol. The Balaban J connectivity index is 1.59.